The number of hydrogen-bond donors (Lipinski definition) is 1. The van der Waals surface area contributed by atoms with Gasteiger partial charge in [0, 0.05) is 6.54 Å². The van der Waals surface area contributed by atoms with Crippen LogP contribution >= 0.6 is 22.6 Å². The zero-order chi connectivity index (χ0) is 10.4. The van der Waals surface area contributed by atoms with Crippen molar-refractivity contribution >= 4 is 28.5 Å². The molecule has 1 N–H and O–H groups in total. The fraction of sp³-hybridized carbons (Fsp3) is 0.556. The smallest absolute Gasteiger partial charge is 0.256 e. The molecule has 0 fully saturated rings. The number of nitrogens with one attached hydrogen (secondary N) is 1. The van der Waals surface area contributed by atoms with Gasteiger partial charge in [0.25, 0.3) is 5.91 Å². The Hall–Kier alpha value is -0.590. The van der Waals surface area contributed by atoms with Crippen molar-refractivity contribution in [1.29, 1.82) is 0 Å². The van der Waals surface area contributed by atoms with E-state index >= 15 is 0 Å². The number of rotatable bonds is 5. The van der Waals surface area contributed by atoms with E-state index in [1.165, 1.54) is 6.20 Å². The minimum absolute atomic E-state index is 0.0998. The van der Waals surface area contributed by atoms with Gasteiger partial charge in [-0.2, -0.15) is 0 Å². The summed E-state index contributed by atoms with van der Waals surface area (Å²) in [6.45, 7) is 2.44. The Labute approximate surface area is 96.6 Å². The molecule has 5 heteroatoms. The predicted octanol–water partition coefficient (Wildman–Crippen LogP) is 1.93. The van der Waals surface area contributed by atoms with Crippen LogP contribution in [0, 0.1) is 6.92 Å². The quantitative estimate of drug-likeness (QED) is 0.514. The van der Waals surface area contributed by atoms with E-state index in [9.17, 15) is 4.79 Å². The summed E-state index contributed by atoms with van der Waals surface area (Å²) in [6, 6.07) is 0. The zero-order valence-electron chi connectivity index (χ0n) is 8.05. The van der Waals surface area contributed by atoms with Gasteiger partial charge in [-0.1, -0.05) is 27.7 Å². The number of carbonyl (C=O) groups is 1. The molecule has 0 spiro atoms. The number of halogens is 1. The van der Waals surface area contributed by atoms with Crippen LogP contribution in [0.5, 0.6) is 0 Å². The summed E-state index contributed by atoms with van der Waals surface area (Å²) in [6.07, 6.45) is 3.59. The van der Waals surface area contributed by atoms with Gasteiger partial charge in [0.15, 0.2) is 0 Å². The molecule has 0 aromatic carbocycles. The molecular formula is C9H13IN2O2. The van der Waals surface area contributed by atoms with E-state index in [1.807, 2.05) is 0 Å². The lowest BCUT2D eigenvalue weighted by Gasteiger charge is -2.01. The van der Waals surface area contributed by atoms with Crippen molar-refractivity contribution in [2.75, 3.05) is 11.0 Å². The third-order valence-corrected chi connectivity index (χ3v) is 2.60. The minimum atomic E-state index is -0.0998. The Bertz CT molecular complexity index is 299. The first-order valence-corrected chi connectivity index (χ1v) is 6.03. The Balaban J connectivity index is 2.32. The number of aromatic nitrogens is 1. The van der Waals surface area contributed by atoms with Gasteiger partial charge >= 0.3 is 0 Å². The molecular weight excluding hydrogens is 295 g/mol. The zero-order valence-corrected chi connectivity index (χ0v) is 10.2. The first kappa shape index (κ1) is 11.5. The summed E-state index contributed by atoms with van der Waals surface area (Å²) in [5, 5.41) is 6.37. The number of alkyl halides is 1. The Morgan fingerprint density at radius 1 is 1.64 bits per heavy atom. The highest BCUT2D eigenvalue weighted by atomic mass is 127. The number of hydrogen-bond acceptors (Lipinski definition) is 3. The van der Waals surface area contributed by atoms with E-state index in [2.05, 4.69) is 33.1 Å². The highest BCUT2D eigenvalue weighted by Crippen LogP contribution is 2.05. The molecule has 78 valence electrons. The average Bonchev–Trinajstić information content (AvgIpc) is 2.59. The van der Waals surface area contributed by atoms with Gasteiger partial charge in [-0.25, -0.2) is 0 Å². The largest absolute Gasteiger partial charge is 0.361 e. The van der Waals surface area contributed by atoms with Gasteiger partial charge in [0.1, 0.15) is 11.3 Å². The van der Waals surface area contributed by atoms with Crippen LogP contribution in [0.1, 0.15) is 29.0 Å². The molecule has 1 aromatic rings. The molecule has 0 saturated carbocycles. The van der Waals surface area contributed by atoms with Crippen LogP contribution < -0.4 is 5.32 Å². The maximum Gasteiger partial charge on any atom is 0.256 e. The molecule has 0 aliphatic carbocycles. The predicted molar refractivity (Wildman–Crippen MR) is 61.7 cm³/mol. The van der Waals surface area contributed by atoms with Gasteiger partial charge in [-0.15, -0.1) is 0 Å². The van der Waals surface area contributed by atoms with Crippen molar-refractivity contribution < 1.29 is 9.32 Å². The Morgan fingerprint density at radius 2 is 2.43 bits per heavy atom. The lowest BCUT2D eigenvalue weighted by Crippen LogP contribution is -2.24. The molecule has 1 rings (SSSR count). The van der Waals surface area contributed by atoms with Gasteiger partial charge in [-0.05, 0) is 24.2 Å². The molecule has 0 saturated heterocycles. The summed E-state index contributed by atoms with van der Waals surface area (Å²) in [5.41, 5.74) is 0.527. The standard InChI is InChI=1S/C9H13IN2O2/c1-7-8(6-12-14-7)9(13)11-5-3-2-4-10/h6H,2-5H2,1H3,(H,11,13). The topological polar surface area (TPSA) is 55.1 Å². The molecule has 0 unspecified atom stereocenters. The normalized spacial score (nSPS) is 10.1. The number of nitrogens with zero attached hydrogens (tertiary/aromatic N) is 1. The van der Waals surface area contributed by atoms with Crippen LogP contribution in [0.15, 0.2) is 10.7 Å². The van der Waals surface area contributed by atoms with E-state index in [1.54, 1.807) is 6.92 Å². The summed E-state index contributed by atoms with van der Waals surface area (Å²) >= 11 is 2.32. The molecule has 0 radical (unpaired) electrons. The SMILES string of the molecule is Cc1oncc1C(=O)NCCCCI. The monoisotopic (exact) mass is 308 g/mol. The van der Waals surface area contributed by atoms with Crippen molar-refractivity contribution in [1.82, 2.24) is 10.5 Å². The van der Waals surface area contributed by atoms with Gasteiger partial charge < -0.3 is 9.84 Å². The van der Waals surface area contributed by atoms with Crippen molar-refractivity contribution in [2.45, 2.75) is 19.8 Å². The molecule has 0 atom stereocenters. The Morgan fingerprint density at radius 3 is 3.00 bits per heavy atom. The van der Waals surface area contributed by atoms with Crippen molar-refractivity contribution in [3.05, 3.63) is 17.5 Å². The fourth-order valence-electron chi connectivity index (χ4n) is 1.03. The third kappa shape index (κ3) is 3.28. The molecule has 1 amide bonds. The second-order valence-corrected chi connectivity index (χ2v) is 4.03. The molecule has 0 bridgehead atoms. The summed E-state index contributed by atoms with van der Waals surface area (Å²) in [4.78, 5) is 11.5. The first-order valence-electron chi connectivity index (χ1n) is 4.51. The molecule has 1 heterocycles. The molecule has 0 aliphatic heterocycles. The van der Waals surface area contributed by atoms with E-state index in [0.717, 1.165) is 17.3 Å². The lowest BCUT2D eigenvalue weighted by atomic mass is 10.2. The van der Waals surface area contributed by atoms with Crippen LogP contribution in [-0.4, -0.2) is 22.0 Å². The lowest BCUT2D eigenvalue weighted by molar-refractivity contribution is 0.0951. The van der Waals surface area contributed by atoms with E-state index in [4.69, 9.17) is 4.52 Å². The summed E-state index contributed by atoms with van der Waals surface area (Å²) in [7, 11) is 0. The molecule has 1 aromatic heterocycles. The maximum absolute atomic E-state index is 11.5. The van der Waals surface area contributed by atoms with Crippen molar-refractivity contribution in [3.8, 4) is 0 Å². The second kappa shape index (κ2) is 6.00. The first-order chi connectivity index (χ1) is 6.75. The molecule has 14 heavy (non-hydrogen) atoms. The summed E-state index contributed by atoms with van der Waals surface area (Å²) < 4.78 is 5.93. The van der Waals surface area contributed by atoms with Crippen molar-refractivity contribution in [2.24, 2.45) is 0 Å². The number of amides is 1. The third-order valence-electron chi connectivity index (χ3n) is 1.84. The molecule has 0 aliphatic rings. The van der Waals surface area contributed by atoms with Gasteiger partial charge in [0.05, 0.1) is 6.20 Å². The van der Waals surface area contributed by atoms with E-state index in [-0.39, 0.29) is 5.91 Å². The number of aryl methyl sites for hydroxylation is 1. The Kier molecular flexibility index (Phi) is 4.92. The van der Waals surface area contributed by atoms with Crippen LogP contribution in [0.4, 0.5) is 0 Å². The van der Waals surface area contributed by atoms with Crippen molar-refractivity contribution in [3.63, 3.8) is 0 Å². The second-order valence-electron chi connectivity index (χ2n) is 2.95. The van der Waals surface area contributed by atoms with Crippen LogP contribution in [0.25, 0.3) is 0 Å². The van der Waals surface area contributed by atoms with Gasteiger partial charge in [0.2, 0.25) is 0 Å². The van der Waals surface area contributed by atoms with Crippen LogP contribution in [0.2, 0.25) is 0 Å². The number of carbonyl (C=O) groups excluding carboxylic acids is 1. The van der Waals surface area contributed by atoms with Crippen LogP contribution in [0.3, 0.4) is 0 Å². The minimum Gasteiger partial charge on any atom is -0.361 e. The maximum atomic E-state index is 11.5. The van der Waals surface area contributed by atoms with Gasteiger partial charge in [-0.3, -0.25) is 4.79 Å². The van der Waals surface area contributed by atoms with E-state index < -0.39 is 0 Å². The highest BCUT2D eigenvalue weighted by Gasteiger charge is 2.11. The fourth-order valence-corrected chi connectivity index (χ4v) is 1.57. The van der Waals surface area contributed by atoms with Crippen LogP contribution in [-0.2, 0) is 0 Å². The highest BCUT2D eigenvalue weighted by molar-refractivity contribution is 14.1. The molecule has 4 nitrogen and oxygen atoms in total. The van der Waals surface area contributed by atoms with E-state index in [0.29, 0.717) is 17.9 Å². The summed E-state index contributed by atoms with van der Waals surface area (Å²) in [5.74, 6) is 0.466. The average molecular weight is 308 g/mol. The number of unbranched alkanes of at least 4 members (excludes halogenated alkanes) is 1.